The van der Waals surface area contributed by atoms with Gasteiger partial charge in [-0.15, -0.1) is 11.3 Å². The summed E-state index contributed by atoms with van der Waals surface area (Å²) in [6.45, 7) is 0.483. The van der Waals surface area contributed by atoms with Crippen LogP contribution in [0.15, 0.2) is 22.1 Å². The summed E-state index contributed by atoms with van der Waals surface area (Å²) in [6, 6.07) is 4.24. The molecule has 0 aromatic carbocycles. The molecule has 0 radical (unpaired) electrons. The lowest BCUT2D eigenvalue weighted by molar-refractivity contribution is -0.122. The molecule has 23 heavy (non-hydrogen) atoms. The number of aromatic nitrogens is 2. The molecule has 3 rings (SSSR count). The number of thiophene rings is 1. The summed E-state index contributed by atoms with van der Waals surface area (Å²) in [5.74, 6) is 0.169. The summed E-state index contributed by atoms with van der Waals surface area (Å²) in [5.41, 5.74) is 8.41. The minimum atomic E-state index is 0.0839. The fourth-order valence-electron chi connectivity index (χ4n) is 3.13. The molecule has 1 amide bonds. The third kappa shape index (κ3) is 3.84. The second-order valence-corrected chi connectivity index (χ2v) is 8.52. The Balaban J connectivity index is 1.58. The second kappa shape index (κ2) is 7.15. The Labute approximate surface area is 148 Å². The Hall–Kier alpha value is -1.18. The van der Waals surface area contributed by atoms with E-state index >= 15 is 0 Å². The maximum Gasteiger partial charge on any atom is 0.220 e. The fraction of sp³-hybridized carbons (Fsp3) is 0.500. The van der Waals surface area contributed by atoms with Crippen LogP contribution in [0.25, 0.3) is 0 Å². The predicted molar refractivity (Wildman–Crippen MR) is 95.6 cm³/mol. The monoisotopic (exact) mass is 396 g/mol. The lowest BCUT2D eigenvalue weighted by atomic mass is 9.93. The second-order valence-electron chi connectivity index (χ2n) is 6.03. The van der Waals surface area contributed by atoms with Gasteiger partial charge in [0.2, 0.25) is 5.91 Å². The number of hydrogen-bond acceptors (Lipinski definition) is 4. The van der Waals surface area contributed by atoms with Gasteiger partial charge in [-0.3, -0.25) is 9.48 Å². The molecule has 7 heteroatoms. The molecular formula is C16H21BrN4OS. The van der Waals surface area contributed by atoms with Crippen LogP contribution in [0.4, 0.5) is 0 Å². The zero-order chi connectivity index (χ0) is 16.4. The van der Waals surface area contributed by atoms with Crippen molar-refractivity contribution in [2.24, 2.45) is 12.8 Å². The SMILES string of the molecule is Cn1ncc2c1CC(NC(=O)CC(CN)c1ccc(Br)s1)CC2. The van der Waals surface area contributed by atoms with Gasteiger partial charge in [0.1, 0.15) is 0 Å². The summed E-state index contributed by atoms with van der Waals surface area (Å²) in [5, 5.41) is 7.48. The summed E-state index contributed by atoms with van der Waals surface area (Å²) in [4.78, 5) is 13.6. The number of carbonyl (C=O) groups is 1. The molecule has 3 N–H and O–H groups in total. The number of aryl methyl sites for hydroxylation is 2. The zero-order valence-electron chi connectivity index (χ0n) is 13.1. The van der Waals surface area contributed by atoms with E-state index in [4.69, 9.17) is 5.73 Å². The number of nitrogens with two attached hydrogens (primary N) is 1. The van der Waals surface area contributed by atoms with Gasteiger partial charge in [0.05, 0.1) is 9.98 Å². The molecule has 0 fully saturated rings. The largest absolute Gasteiger partial charge is 0.353 e. The van der Waals surface area contributed by atoms with Gasteiger partial charge in [-0.2, -0.15) is 5.10 Å². The van der Waals surface area contributed by atoms with E-state index in [0.29, 0.717) is 13.0 Å². The van der Waals surface area contributed by atoms with E-state index in [1.54, 1.807) is 11.3 Å². The number of halogens is 1. The number of rotatable bonds is 5. The number of nitrogens with zero attached hydrogens (tertiary/aromatic N) is 2. The van der Waals surface area contributed by atoms with Crippen molar-refractivity contribution in [1.29, 1.82) is 0 Å². The highest BCUT2D eigenvalue weighted by atomic mass is 79.9. The first-order valence-corrected chi connectivity index (χ1v) is 9.42. The first-order chi connectivity index (χ1) is 11.1. The molecule has 0 saturated heterocycles. The molecule has 2 aromatic rings. The minimum Gasteiger partial charge on any atom is -0.353 e. The standard InChI is InChI=1S/C16H21BrN4OS/c1-21-13-7-12(3-2-10(13)9-19-21)20-16(22)6-11(8-18)14-4-5-15(17)23-14/h4-5,9,11-12H,2-3,6-8,18H2,1H3,(H,20,22). The molecule has 2 aromatic heterocycles. The zero-order valence-corrected chi connectivity index (χ0v) is 15.5. The van der Waals surface area contributed by atoms with E-state index in [2.05, 4.69) is 26.3 Å². The Bertz CT molecular complexity index is 696. The minimum absolute atomic E-state index is 0.0839. The van der Waals surface area contributed by atoms with E-state index in [1.165, 1.54) is 11.3 Å². The van der Waals surface area contributed by atoms with Gasteiger partial charge in [0.15, 0.2) is 0 Å². The van der Waals surface area contributed by atoms with E-state index in [1.807, 2.05) is 30.1 Å². The van der Waals surface area contributed by atoms with Crippen LogP contribution in [0.2, 0.25) is 0 Å². The fourth-order valence-corrected chi connectivity index (χ4v) is 4.66. The molecular weight excluding hydrogens is 376 g/mol. The number of nitrogens with one attached hydrogen (secondary N) is 1. The number of fused-ring (bicyclic) bond motifs is 1. The van der Waals surface area contributed by atoms with Gasteiger partial charge in [0.25, 0.3) is 0 Å². The Morgan fingerprint density at radius 2 is 2.43 bits per heavy atom. The van der Waals surface area contributed by atoms with Gasteiger partial charge in [-0.05, 0) is 46.5 Å². The molecule has 0 saturated carbocycles. The van der Waals surface area contributed by atoms with Crippen molar-refractivity contribution in [1.82, 2.24) is 15.1 Å². The molecule has 5 nitrogen and oxygen atoms in total. The first kappa shape index (κ1) is 16.7. The van der Waals surface area contributed by atoms with Crippen LogP contribution in [0, 0.1) is 0 Å². The normalized spacial score (nSPS) is 18.5. The molecule has 124 valence electrons. The summed E-state index contributed by atoms with van der Waals surface area (Å²) < 4.78 is 2.99. The average Bonchev–Trinajstić information content (AvgIpc) is 3.12. The highest BCUT2D eigenvalue weighted by molar-refractivity contribution is 9.11. The van der Waals surface area contributed by atoms with Crippen molar-refractivity contribution in [3.63, 3.8) is 0 Å². The van der Waals surface area contributed by atoms with Crippen LogP contribution >= 0.6 is 27.3 Å². The highest BCUT2D eigenvalue weighted by Gasteiger charge is 2.24. The van der Waals surface area contributed by atoms with Gasteiger partial charge in [-0.25, -0.2) is 0 Å². The van der Waals surface area contributed by atoms with Crippen LogP contribution in [0.5, 0.6) is 0 Å². The van der Waals surface area contributed by atoms with Crippen molar-refractivity contribution in [3.8, 4) is 0 Å². The van der Waals surface area contributed by atoms with Crippen molar-refractivity contribution >= 4 is 33.2 Å². The molecule has 0 spiro atoms. The van der Waals surface area contributed by atoms with Crippen LogP contribution in [0.1, 0.15) is 34.9 Å². The molecule has 0 aliphatic heterocycles. The van der Waals surface area contributed by atoms with Gasteiger partial charge in [-0.1, -0.05) is 0 Å². The van der Waals surface area contributed by atoms with Crippen molar-refractivity contribution in [2.45, 2.75) is 37.6 Å². The Morgan fingerprint density at radius 3 is 3.13 bits per heavy atom. The molecule has 1 aliphatic carbocycles. The van der Waals surface area contributed by atoms with E-state index < -0.39 is 0 Å². The van der Waals surface area contributed by atoms with Crippen LogP contribution in [-0.2, 0) is 24.7 Å². The Kier molecular flexibility index (Phi) is 5.18. The van der Waals surface area contributed by atoms with Crippen LogP contribution in [0.3, 0.4) is 0 Å². The predicted octanol–water partition coefficient (Wildman–Crippen LogP) is 2.35. The summed E-state index contributed by atoms with van der Waals surface area (Å²) in [6.07, 6.45) is 5.19. The maximum atomic E-state index is 12.4. The topological polar surface area (TPSA) is 72.9 Å². The molecule has 0 bridgehead atoms. The smallest absolute Gasteiger partial charge is 0.220 e. The van der Waals surface area contributed by atoms with Gasteiger partial charge in [0, 0.05) is 49.0 Å². The number of carbonyl (C=O) groups excluding carboxylic acids is 1. The maximum absolute atomic E-state index is 12.4. The van der Waals surface area contributed by atoms with E-state index in [-0.39, 0.29) is 17.9 Å². The number of hydrogen-bond donors (Lipinski definition) is 2. The number of amides is 1. The van der Waals surface area contributed by atoms with Crippen molar-refractivity contribution in [3.05, 3.63) is 38.3 Å². The summed E-state index contributed by atoms with van der Waals surface area (Å²) >= 11 is 5.11. The van der Waals surface area contributed by atoms with Crippen LogP contribution in [-0.4, -0.2) is 28.3 Å². The highest BCUT2D eigenvalue weighted by Crippen LogP contribution is 2.30. The lowest BCUT2D eigenvalue weighted by Crippen LogP contribution is -2.40. The van der Waals surface area contributed by atoms with E-state index in [0.717, 1.165) is 27.9 Å². The van der Waals surface area contributed by atoms with Gasteiger partial charge >= 0.3 is 0 Å². The molecule has 2 unspecified atom stereocenters. The quantitative estimate of drug-likeness (QED) is 0.814. The van der Waals surface area contributed by atoms with E-state index in [9.17, 15) is 4.79 Å². The molecule has 2 atom stereocenters. The molecule has 1 aliphatic rings. The van der Waals surface area contributed by atoms with Gasteiger partial charge < -0.3 is 11.1 Å². The average molecular weight is 397 g/mol. The van der Waals surface area contributed by atoms with Crippen molar-refractivity contribution in [2.75, 3.05) is 6.54 Å². The first-order valence-electron chi connectivity index (χ1n) is 7.81. The molecule has 2 heterocycles. The Morgan fingerprint density at radius 1 is 1.61 bits per heavy atom. The van der Waals surface area contributed by atoms with Crippen LogP contribution < -0.4 is 11.1 Å². The third-order valence-corrected chi connectivity index (χ3v) is 6.21. The summed E-state index contributed by atoms with van der Waals surface area (Å²) in [7, 11) is 1.96. The third-order valence-electron chi connectivity index (χ3n) is 4.43. The van der Waals surface area contributed by atoms with Crippen molar-refractivity contribution < 1.29 is 4.79 Å². The lowest BCUT2D eigenvalue weighted by Gasteiger charge is -2.24.